The number of hydrazine groups is 1. The van der Waals surface area contributed by atoms with Gasteiger partial charge in [0.05, 0.1) is 0 Å². The Morgan fingerprint density at radius 3 is 2.55 bits per heavy atom. The molecule has 20 heavy (non-hydrogen) atoms. The van der Waals surface area contributed by atoms with Crippen LogP contribution in [0.4, 0.5) is 0 Å². The summed E-state index contributed by atoms with van der Waals surface area (Å²) in [4.78, 5) is 26.0. The number of benzene rings is 1. The number of nitrogens with one attached hydrogen (secondary N) is 1. The molecular formula is C15H19N3O2. The quantitative estimate of drug-likeness (QED) is 0.846. The topological polar surface area (TPSA) is 52.7 Å². The molecule has 2 amide bonds. The highest BCUT2D eigenvalue weighted by atomic mass is 16.2. The molecule has 0 aromatic heterocycles. The van der Waals surface area contributed by atoms with Crippen molar-refractivity contribution in [1.29, 1.82) is 0 Å². The predicted molar refractivity (Wildman–Crippen MR) is 77.6 cm³/mol. The van der Waals surface area contributed by atoms with Crippen molar-refractivity contribution in [2.24, 2.45) is 0 Å². The van der Waals surface area contributed by atoms with Crippen molar-refractivity contribution >= 4 is 17.5 Å². The maximum atomic E-state index is 12.4. The molecule has 1 atom stereocenters. The molecule has 106 valence electrons. The van der Waals surface area contributed by atoms with E-state index in [0.29, 0.717) is 17.8 Å². The van der Waals surface area contributed by atoms with Crippen LogP contribution in [0.3, 0.4) is 0 Å². The van der Waals surface area contributed by atoms with E-state index in [1.54, 1.807) is 25.0 Å². The fraction of sp³-hybridized carbons (Fsp3) is 0.333. The maximum absolute atomic E-state index is 12.4. The van der Waals surface area contributed by atoms with Gasteiger partial charge in [-0.1, -0.05) is 31.7 Å². The Morgan fingerprint density at radius 1 is 1.40 bits per heavy atom. The maximum Gasteiger partial charge on any atom is 0.259 e. The Bertz CT molecular complexity index is 533. The first-order valence-corrected chi connectivity index (χ1v) is 6.60. The first-order chi connectivity index (χ1) is 9.47. The van der Waals surface area contributed by atoms with Crippen molar-refractivity contribution in [3.63, 3.8) is 0 Å². The molecule has 0 radical (unpaired) electrons. The molecule has 0 saturated heterocycles. The van der Waals surface area contributed by atoms with E-state index in [1.165, 1.54) is 4.90 Å². The van der Waals surface area contributed by atoms with Crippen LogP contribution in [0.5, 0.6) is 0 Å². The molecule has 0 unspecified atom stereocenters. The summed E-state index contributed by atoms with van der Waals surface area (Å²) in [7, 11) is 1.78. The van der Waals surface area contributed by atoms with Gasteiger partial charge in [0.1, 0.15) is 6.04 Å². The second-order valence-corrected chi connectivity index (χ2v) is 4.83. The molecule has 0 saturated carbocycles. The van der Waals surface area contributed by atoms with E-state index >= 15 is 0 Å². The van der Waals surface area contributed by atoms with Crippen LogP contribution in [0.25, 0.3) is 5.70 Å². The van der Waals surface area contributed by atoms with E-state index in [9.17, 15) is 9.59 Å². The third kappa shape index (κ3) is 2.32. The summed E-state index contributed by atoms with van der Waals surface area (Å²) in [5.41, 5.74) is 4.70. The Balaban J connectivity index is 2.21. The highest BCUT2D eigenvalue weighted by Crippen LogP contribution is 2.32. The van der Waals surface area contributed by atoms with Crippen molar-refractivity contribution in [3.05, 3.63) is 42.0 Å². The van der Waals surface area contributed by atoms with Crippen molar-refractivity contribution in [1.82, 2.24) is 15.3 Å². The first kappa shape index (κ1) is 14.3. The number of hydrogen-bond donors (Lipinski definition) is 1. The first-order valence-electron chi connectivity index (χ1n) is 6.60. The molecule has 5 heteroatoms. The Morgan fingerprint density at radius 2 is 2.00 bits per heavy atom. The van der Waals surface area contributed by atoms with Crippen LogP contribution >= 0.6 is 0 Å². The van der Waals surface area contributed by atoms with Crippen molar-refractivity contribution in [3.8, 4) is 0 Å². The summed E-state index contributed by atoms with van der Waals surface area (Å²) in [5, 5.41) is 1.68. The van der Waals surface area contributed by atoms with Gasteiger partial charge in [-0.2, -0.15) is 0 Å². The van der Waals surface area contributed by atoms with Gasteiger partial charge in [0.25, 0.3) is 11.8 Å². The van der Waals surface area contributed by atoms with E-state index in [1.807, 2.05) is 25.1 Å². The zero-order valence-electron chi connectivity index (χ0n) is 12.0. The molecule has 2 rings (SSSR count). The Kier molecular flexibility index (Phi) is 3.90. The molecule has 0 fully saturated rings. The van der Waals surface area contributed by atoms with E-state index in [0.717, 1.165) is 5.56 Å². The lowest BCUT2D eigenvalue weighted by Gasteiger charge is -2.26. The van der Waals surface area contributed by atoms with Crippen LogP contribution in [0.1, 0.15) is 29.8 Å². The third-order valence-corrected chi connectivity index (χ3v) is 3.52. The standard InChI is InChI=1S/C15H19N3O2/c1-5-17(4)16-14(19)11(3)18-10(2)12-8-6-7-9-13(12)15(18)20/h6-9,11H,2,5H2,1,3-4H3,(H,16,19)/t11-/m0/s1. The molecule has 1 aromatic rings. The number of hydrogen-bond acceptors (Lipinski definition) is 3. The summed E-state index contributed by atoms with van der Waals surface area (Å²) in [6, 6.07) is 6.67. The van der Waals surface area contributed by atoms with E-state index in [4.69, 9.17) is 0 Å². The normalized spacial score (nSPS) is 15.5. The summed E-state index contributed by atoms with van der Waals surface area (Å²) in [6.45, 7) is 8.26. The average Bonchev–Trinajstić information content (AvgIpc) is 2.70. The third-order valence-electron chi connectivity index (χ3n) is 3.52. The summed E-state index contributed by atoms with van der Waals surface area (Å²) < 4.78 is 0. The van der Waals surface area contributed by atoms with Crippen LogP contribution in [0.15, 0.2) is 30.8 Å². The zero-order valence-corrected chi connectivity index (χ0v) is 12.0. The number of amides is 2. The highest BCUT2D eigenvalue weighted by molar-refractivity contribution is 6.10. The van der Waals surface area contributed by atoms with Gasteiger partial charge in [0.15, 0.2) is 0 Å². The van der Waals surface area contributed by atoms with Crippen LogP contribution in [0, 0.1) is 0 Å². The minimum atomic E-state index is -0.601. The van der Waals surface area contributed by atoms with Crippen LogP contribution in [0.2, 0.25) is 0 Å². The summed E-state index contributed by atoms with van der Waals surface area (Å²) in [6.07, 6.45) is 0. The van der Waals surface area contributed by atoms with Gasteiger partial charge in [-0.15, -0.1) is 0 Å². The number of rotatable bonds is 4. The minimum absolute atomic E-state index is 0.174. The lowest BCUT2D eigenvalue weighted by molar-refractivity contribution is -0.128. The Labute approximate surface area is 118 Å². The second-order valence-electron chi connectivity index (χ2n) is 4.83. The second kappa shape index (κ2) is 5.46. The van der Waals surface area contributed by atoms with Gasteiger partial charge >= 0.3 is 0 Å². The molecule has 0 aliphatic carbocycles. The van der Waals surface area contributed by atoms with E-state index in [2.05, 4.69) is 12.0 Å². The molecule has 1 heterocycles. The van der Waals surface area contributed by atoms with Gasteiger partial charge < -0.3 is 0 Å². The fourth-order valence-electron chi connectivity index (χ4n) is 2.19. The number of nitrogens with zero attached hydrogens (tertiary/aromatic N) is 2. The van der Waals surface area contributed by atoms with Crippen molar-refractivity contribution < 1.29 is 9.59 Å². The lowest BCUT2D eigenvalue weighted by Crippen LogP contribution is -2.49. The summed E-state index contributed by atoms with van der Waals surface area (Å²) >= 11 is 0. The summed E-state index contributed by atoms with van der Waals surface area (Å²) in [5.74, 6) is -0.399. The van der Waals surface area contributed by atoms with E-state index in [-0.39, 0.29) is 11.8 Å². The monoisotopic (exact) mass is 273 g/mol. The van der Waals surface area contributed by atoms with Crippen molar-refractivity contribution in [2.75, 3.05) is 13.6 Å². The zero-order chi connectivity index (χ0) is 14.9. The highest BCUT2D eigenvalue weighted by Gasteiger charge is 2.36. The molecule has 1 N–H and O–H groups in total. The molecule has 5 nitrogen and oxygen atoms in total. The van der Waals surface area contributed by atoms with Gasteiger partial charge in [-0.3, -0.25) is 19.9 Å². The molecule has 1 aliphatic heterocycles. The van der Waals surface area contributed by atoms with Crippen LogP contribution < -0.4 is 5.43 Å². The Hall–Kier alpha value is -2.14. The van der Waals surface area contributed by atoms with Crippen molar-refractivity contribution in [2.45, 2.75) is 19.9 Å². The molecule has 1 aliphatic rings. The molecular weight excluding hydrogens is 254 g/mol. The largest absolute Gasteiger partial charge is 0.296 e. The van der Waals surface area contributed by atoms with Gasteiger partial charge in [-0.05, 0) is 13.0 Å². The van der Waals surface area contributed by atoms with E-state index < -0.39 is 6.04 Å². The molecule has 0 spiro atoms. The molecule has 0 bridgehead atoms. The smallest absolute Gasteiger partial charge is 0.259 e. The number of carbonyl (C=O) groups excluding carboxylic acids is 2. The minimum Gasteiger partial charge on any atom is -0.296 e. The molecule has 1 aromatic carbocycles. The van der Waals surface area contributed by atoms with Crippen LogP contribution in [-0.2, 0) is 4.79 Å². The number of carbonyl (C=O) groups is 2. The van der Waals surface area contributed by atoms with Gasteiger partial charge in [0.2, 0.25) is 0 Å². The predicted octanol–water partition coefficient (Wildman–Crippen LogP) is 1.48. The SMILES string of the molecule is C=C1c2ccccc2C(=O)N1[C@@H](C)C(=O)NN(C)CC. The van der Waals surface area contributed by atoms with Crippen LogP contribution in [-0.4, -0.2) is 41.4 Å². The average molecular weight is 273 g/mol. The lowest BCUT2D eigenvalue weighted by atomic mass is 10.1. The van der Waals surface area contributed by atoms with Gasteiger partial charge in [0, 0.05) is 30.4 Å². The van der Waals surface area contributed by atoms with Gasteiger partial charge in [-0.25, -0.2) is 5.01 Å². The fourth-order valence-corrected chi connectivity index (χ4v) is 2.19. The number of fused-ring (bicyclic) bond motifs is 1.